The predicted molar refractivity (Wildman–Crippen MR) is 62.7 cm³/mol. The van der Waals surface area contributed by atoms with Crippen LogP contribution in [0.5, 0.6) is 0 Å². The van der Waals surface area contributed by atoms with Crippen molar-refractivity contribution in [1.29, 1.82) is 0 Å². The van der Waals surface area contributed by atoms with Gasteiger partial charge in [0.25, 0.3) is 0 Å². The number of carbonyl (C=O) groups excluding carboxylic acids is 1. The summed E-state index contributed by atoms with van der Waals surface area (Å²) >= 11 is 0. The molecule has 0 aromatic carbocycles. The van der Waals surface area contributed by atoms with E-state index in [9.17, 15) is 4.79 Å². The normalized spacial score (nSPS) is 12.4. The number of amides is 1. The van der Waals surface area contributed by atoms with E-state index in [-0.39, 0.29) is 5.91 Å². The summed E-state index contributed by atoms with van der Waals surface area (Å²) in [5.41, 5.74) is 5.51. The number of aromatic nitrogens is 4. The van der Waals surface area contributed by atoms with Crippen LogP contribution in [0.15, 0.2) is 0 Å². The Morgan fingerprint density at radius 1 is 1.53 bits per heavy atom. The molecule has 0 aliphatic carbocycles. The SMILES string of the molecule is CCC(CCN)CCC(=O)NCc1nn[nH]n1. The van der Waals surface area contributed by atoms with E-state index in [2.05, 4.69) is 32.9 Å². The fraction of sp³-hybridized carbons (Fsp3) is 0.800. The number of nitrogens with two attached hydrogens (primary N) is 1. The van der Waals surface area contributed by atoms with Gasteiger partial charge in [-0.2, -0.15) is 5.21 Å². The summed E-state index contributed by atoms with van der Waals surface area (Å²) < 4.78 is 0. The zero-order valence-electron chi connectivity index (χ0n) is 10.1. The summed E-state index contributed by atoms with van der Waals surface area (Å²) in [4.78, 5) is 11.5. The second-order valence-corrected chi connectivity index (χ2v) is 4.00. The third-order valence-corrected chi connectivity index (χ3v) is 2.76. The first-order valence-electron chi connectivity index (χ1n) is 5.95. The van der Waals surface area contributed by atoms with E-state index < -0.39 is 0 Å². The molecule has 17 heavy (non-hydrogen) atoms. The summed E-state index contributed by atoms with van der Waals surface area (Å²) in [5.74, 6) is 1.05. The molecule has 1 atom stereocenters. The minimum Gasteiger partial charge on any atom is -0.349 e. The highest BCUT2D eigenvalue weighted by Crippen LogP contribution is 2.14. The summed E-state index contributed by atoms with van der Waals surface area (Å²) in [6.45, 7) is 3.13. The molecule has 0 radical (unpaired) electrons. The zero-order valence-corrected chi connectivity index (χ0v) is 10.1. The van der Waals surface area contributed by atoms with Gasteiger partial charge in [-0.25, -0.2) is 0 Å². The number of H-pyrrole nitrogens is 1. The molecule has 0 spiro atoms. The Morgan fingerprint density at radius 3 is 2.94 bits per heavy atom. The van der Waals surface area contributed by atoms with Crippen LogP contribution in [0.4, 0.5) is 0 Å². The molecule has 0 bridgehead atoms. The summed E-state index contributed by atoms with van der Waals surface area (Å²) in [5, 5.41) is 16.0. The van der Waals surface area contributed by atoms with E-state index in [1.54, 1.807) is 0 Å². The van der Waals surface area contributed by atoms with Crippen LogP contribution in [0.1, 0.15) is 38.4 Å². The van der Waals surface area contributed by atoms with Crippen LogP contribution in [-0.4, -0.2) is 33.1 Å². The molecule has 1 aromatic heterocycles. The van der Waals surface area contributed by atoms with Crippen LogP contribution >= 0.6 is 0 Å². The van der Waals surface area contributed by atoms with Gasteiger partial charge in [0.1, 0.15) is 0 Å². The second kappa shape index (κ2) is 7.72. The Kier molecular flexibility index (Phi) is 6.16. The fourth-order valence-electron chi connectivity index (χ4n) is 1.65. The Morgan fingerprint density at radius 2 is 2.35 bits per heavy atom. The van der Waals surface area contributed by atoms with Crippen molar-refractivity contribution in [2.75, 3.05) is 6.54 Å². The van der Waals surface area contributed by atoms with Crippen LogP contribution in [0.3, 0.4) is 0 Å². The number of carbonyl (C=O) groups is 1. The van der Waals surface area contributed by atoms with Crippen molar-refractivity contribution in [3.63, 3.8) is 0 Å². The molecule has 7 heteroatoms. The van der Waals surface area contributed by atoms with Gasteiger partial charge in [-0.1, -0.05) is 18.6 Å². The molecule has 1 heterocycles. The van der Waals surface area contributed by atoms with Crippen molar-refractivity contribution in [2.45, 2.75) is 39.2 Å². The maximum Gasteiger partial charge on any atom is 0.220 e. The largest absolute Gasteiger partial charge is 0.349 e. The lowest BCUT2D eigenvalue weighted by Gasteiger charge is -2.12. The third-order valence-electron chi connectivity index (χ3n) is 2.76. The Bertz CT molecular complexity index is 313. The maximum atomic E-state index is 11.5. The van der Waals surface area contributed by atoms with Crippen LogP contribution < -0.4 is 11.1 Å². The average Bonchev–Trinajstić information content (AvgIpc) is 2.85. The monoisotopic (exact) mass is 240 g/mol. The van der Waals surface area contributed by atoms with Crippen molar-refractivity contribution in [1.82, 2.24) is 25.9 Å². The van der Waals surface area contributed by atoms with Crippen molar-refractivity contribution in [3.05, 3.63) is 5.82 Å². The Balaban J connectivity index is 2.16. The molecule has 0 saturated carbocycles. The van der Waals surface area contributed by atoms with Gasteiger partial charge in [-0.15, -0.1) is 10.2 Å². The van der Waals surface area contributed by atoms with E-state index in [1.807, 2.05) is 0 Å². The highest BCUT2D eigenvalue weighted by atomic mass is 16.1. The Labute approximate surface area is 101 Å². The van der Waals surface area contributed by atoms with Gasteiger partial charge in [-0.3, -0.25) is 4.79 Å². The van der Waals surface area contributed by atoms with E-state index in [1.165, 1.54) is 0 Å². The first kappa shape index (κ1) is 13.6. The van der Waals surface area contributed by atoms with E-state index >= 15 is 0 Å². The smallest absolute Gasteiger partial charge is 0.220 e. The zero-order chi connectivity index (χ0) is 12.5. The molecule has 7 nitrogen and oxygen atoms in total. The fourth-order valence-corrected chi connectivity index (χ4v) is 1.65. The molecule has 0 aliphatic rings. The van der Waals surface area contributed by atoms with Crippen molar-refractivity contribution < 1.29 is 4.79 Å². The molecule has 0 fully saturated rings. The van der Waals surface area contributed by atoms with Crippen molar-refractivity contribution >= 4 is 5.91 Å². The van der Waals surface area contributed by atoms with Crippen LogP contribution in [0.2, 0.25) is 0 Å². The molecule has 1 amide bonds. The van der Waals surface area contributed by atoms with E-state index in [0.29, 0.717) is 31.3 Å². The van der Waals surface area contributed by atoms with Gasteiger partial charge in [0.2, 0.25) is 5.91 Å². The van der Waals surface area contributed by atoms with Crippen LogP contribution in [-0.2, 0) is 11.3 Å². The van der Waals surface area contributed by atoms with Gasteiger partial charge >= 0.3 is 0 Å². The molecule has 0 saturated heterocycles. The van der Waals surface area contributed by atoms with Crippen LogP contribution in [0, 0.1) is 5.92 Å². The number of hydrogen-bond acceptors (Lipinski definition) is 5. The predicted octanol–water partition coefficient (Wildman–Crippen LogP) is -0.0289. The molecule has 0 aliphatic heterocycles. The first-order chi connectivity index (χ1) is 8.26. The topological polar surface area (TPSA) is 110 Å². The molecular weight excluding hydrogens is 220 g/mol. The average molecular weight is 240 g/mol. The summed E-state index contributed by atoms with van der Waals surface area (Å²) in [6, 6.07) is 0. The second-order valence-electron chi connectivity index (χ2n) is 4.00. The lowest BCUT2D eigenvalue weighted by molar-refractivity contribution is -0.121. The highest BCUT2D eigenvalue weighted by Gasteiger charge is 2.09. The number of aromatic amines is 1. The standard InChI is InChI=1S/C10H20N6O/c1-2-8(5-6-11)3-4-10(17)12-7-9-13-15-16-14-9/h8H,2-7,11H2,1H3,(H,12,17)(H,13,14,15,16). The number of nitrogens with zero attached hydrogens (tertiary/aromatic N) is 3. The molecule has 1 rings (SSSR count). The van der Waals surface area contributed by atoms with Gasteiger partial charge in [-0.05, 0) is 25.3 Å². The van der Waals surface area contributed by atoms with Crippen LogP contribution in [0.25, 0.3) is 0 Å². The van der Waals surface area contributed by atoms with Gasteiger partial charge in [0, 0.05) is 6.42 Å². The molecule has 4 N–H and O–H groups in total. The Hall–Kier alpha value is -1.50. The number of rotatable bonds is 8. The molecule has 1 aromatic rings. The minimum absolute atomic E-state index is 0.0188. The minimum atomic E-state index is 0.0188. The maximum absolute atomic E-state index is 11.5. The number of hydrogen-bond donors (Lipinski definition) is 3. The van der Waals surface area contributed by atoms with Gasteiger partial charge in [0.05, 0.1) is 6.54 Å². The van der Waals surface area contributed by atoms with Crippen molar-refractivity contribution in [2.24, 2.45) is 11.7 Å². The first-order valence-corrected chi connectivity index (χ1v) is 5.95. The van der Waals surface area contributed by atoms with Gasteiger partial charge < -0.3 is 11.1 Å². The third kappa shape index (κ3) is 5.39. The summed E-state index contributed by atoms with van der Waals surface area (Å²) in [6.07, 6.45) is 3.45. The lowest BCUT2D eigenvalue weighted by Crippen LogP contribution is -2.24. The van der Waals surface area contributed by atoms with Crippen molar-refractivity contribution in [3.8, 4) is 0 Å². The van der Waals surface area contributed by atoms with Gasteiger partial charge in [0.15, 0.2) is 5.82 Å². The van der Waals surface area contributed by atoms with E-state index in [4.69, 9.17) is 5.73 Å². The summed E-state index contributed by atoms with van der Waals surface area (Å²) in [7, 11) is 0. The lowest BCUT2D eigenvalue weighted by atomic mass is 9.96. The molecule has 96 valence electrons. The molecular formula is C10H20N6O. The number of tetrazole rings is 1. The van der Waals surface area contributed by atoms with E-state index in [0.717, 1.165) is 19.3 Å². The quantitative estimate of drug-likeness (QED) is 0.591. The number of nitrogens with one attached hydrogen (secondary N) is 2. The molecule has 1 unspecified atom stereocenters. The highest BCUT2D eigenvalue weighted by molar-refractivity contribution is 5.75.